The summed E-state index contributed by atoms with van der Waals surface area (Å²) < 4.78 is 16.6. The molecule has 0 spiro atoms. The van der Waals surface area contributed by atoms with Gasteiger partial charge >= 0.3 is 0 Å². The largest absolute Gasteiger partial charge is 0.343 e. The van der Waals surface area contributed by atoms with Crippen LogP contribution in [0.2, 0.25) is 0 Å². The highest BCUT2D eigenvalue weighted by atomic mass is 32.2. The van der Waals surface area contributed by atoms with Gasteiger partial charge in [-0.3, -0.25) is 0 Å². The standard InChI is InChI=1S/C14H15FN2S/c15-10-2-3-12-14-13(10)9-8-16-5-4-11(9)17(14)6-1-7-18-12/h2-3,16H,1,4-8H2. The second-order valence-electron chi connectivity index (χ2n) is 4.97. The van der Waals surface area contributed by atoms with Crippen molar-refractivity contribution in [2.45, 2.75) is 30.8 Å². The Morgan fingerprint density at radius 1 is 1.33 bits per heavy atom. The summed E-state index contributed by atoms with van der Waals surface area (Å²) in [5, 5.41) is 4.23. The van der Waals surface area contributed by atoms with Gasteiger partial charge in [-0.25, -0.2) is 4.39 Å². The number of thioether (sulfide) groups is 1. The molecule has 18 heavy (non-hydrogen) atoms. The Bertz CT molecular complexity index is 632. The maximum atomic E-state index is 14.2. The molecule has 2 aliphatic rings. The Balaban J connectivity index is 2.15. The summed E-state index contributed by atoms with van der Waals surface area (Å²) in [6.07, 6.45) is 2.19. The number of nitrogens with zero attached hydrogens (tertiary/aromatic N) is 1. The highest BCUT2D eigenvalue weighted by molar-refractivity contribution is 7.99. The minimum atomic E-state index is -0.0602. The SMILES string of the molecule is Fc1ccc2c3c1c1c(n3CCCS2)CCNC1. The summed E-state index contributed by atoms with van der Waals surface area (Å²) in [6.45, 7) is 2.85. The number of nitrogens with one attached hydrogen (secondary N) is 1. The van der Waals surface area contributed by atoms with Gasteiger partial charge in [-0.1, -0.05) is 0 Å². The molecule has 1 aromatic heterocycles. The van der Waals surface area contributed by atoms with Gasteiger partial charge in [0.2, 0.25) is 0 Å². The minimum absolute atomic E-state index is 0.0602. The first kappa shape index (κ1) is 10.9. The molecule has 0 fully saturated rings. The fraction of sp³-hybridized carbons (Fsp3) is 0.429. The summed E-state index contributed by atoms with van der Waals surface area (Å²) in [5.74, 6) is 1.07. The Labute approximate surface area is 110 Å². The molecule has 0 atom stereocenters. The van der Waals surface area contributed by atoms with Gasteiger partial charge in [-0.15, -0.1) is 11.8 Å². The number of halogens is 1. The van der Waals surface area contributed by atoms with Gasteiger partial charge in [0.25, 0.3) is 0 Å². The van der Waals surface area contributed by atoms with E-state index in [4.69, 9.17) is 0 Å². The van der Waals surface area contributed by atoms with Gasteiger partial charge in [-0.2, -0.15) is 0 Å². The predicted molar refractivity (Wildman–Crippen MR) is 72.6 cm³/mol. The van der Waals surface area contributed by atoms with Gasteiger partial charge in [-0.05, 0) is 29.9 Å². The molecule has 1 N–H and O–H groups in total. The van der Waals surface area contributed by atoms with E-state index in [1.165, 1.54) is 22.6 Å². The molecule has 0 saturated heterocycles. The van der Waals surface area contributed by atoms with Gasteiger partial charge < -0.3 is 9.88 Å². The third-order valence-corrected chi connectivity index (χ3v) is 5.09. The van der Waals surface area contributed by atoms with Gasteiger partial charge in [0.15, 0.2) is 0 Å². The lowest BCUT2D eigenvalue weighted by molar-refractivity contribution is 0.591. The highest BCUT2D eigenvalue weighted by Gasteiger charge is 2.25. The lowest BCUT2D eigenvalue weighted by Gasteiger charge is -2.16. The van der Waals surface area contributed by atoms with Crippen molar-refractivity contribution < 1.29 is 4.39 Å². The van der Waals surface area contributed by atoms with Crippen LogP contribution in [0.15, 0.2) is 17.0 Å². The molecule has 4 rings (SSSR count). The van der Waals surface area contributed by atoms with E-state index in [-0.39, 0.29) is 5.82 Å². The van der Waals surface area contributed by atoms with E-state index in [2.05, 4.69) is 9.88 Å². The number of aromatic nitrogens is 1. The molecule has 94 valence electrons. The van der Waals surface area contributed by atoms with Crippen molar-refractivity contribution in [3.8, 4) is 0 Å². The molecule has 2 nitrogen and oxygen atoms in total. The van der Waals surface area contributed by atoms with E-state index in [0.29, 0.717) is 0 Å². The third-order valence-electron chi connectivity index (χ3n) is 3.96. The van der Waals surface area contributed by atoms with Crippen molar-refractivity contribution in [3.63, 3.8) is 0 Å². The summed E-state index contributed by atoms with van der Waals surface area (Å²) in [4.78, 5) is 1.25. The lowest BCUT2D eigenvalue weighted by Crippen LogP contribution is -2.24. The molecule has 0 radical (unpaired) electrons. The van der Waals surface area contributed by atoms with E-state index >= 15 is 0 Å². The maximum Gasteiger partial charge on any atom is 0.132 e. The van der Waals surface area contributed by atoms with Crippen LogP contribution in [-0.2, 0) is 19.5 Å². The summed E-state index contributed by atoms with van der Waals surface area (Å²) in [5.41, 5.74) is 3.70. The number of rotatable bonds is 0. The average Bonchev–Trinajstić information content (AvgIpc) is 2.58. The van der Waals surface area contributed by atoms with Crippen LogP contribution in [0, 0.1) is 5.82 Å². The zero-order valence-corrected chi connectivity index (χ0v) is 10.9. The van der Waals surface area contributed by atoms with Crippen LogP contribution in [0.4, 0.5) is 4.39 Å². The van der Waals surface area contributed by atoms with Crippen molar-refractivity contribution in [1.29, 1.82) is 0 Å². The van der Waals surface area contributed by atoms with Crippen molar-refractivity contribution in [2.24, 2.45) is 0 Å². The molecule has 4 heteroatoms. The maximum absolute atomic E-state index is 14.2. The Morgan fingerprint density at radius 2 is 2.28 bits per heavy atom. The van der Waals surface area contributed by atoms with Gasteiger partial charge in [0, 0.05) is 42.0 Å². The van der Waals surface area contributed by atoms with E-state index in [1.807, 2.05) is 17.8 Å². The van der Waals surface area contributed by atoms with Crippen molar-refractivity contribution in [2.75, 3.05) is 12.3 Å². The number of fused-ring (bicyclic) bond motifs is 3. The zero-order valence-electron chi connectivity index (χ0n) is 10.1. The molecular formula is C14H15FN2S. The highest BCUT2D eigenvalue weighted by Crippen LogP contribution is 2.38. The van der Waals surface area contributed by atoms with Crippen molar-refractivity contribution in [3.05, 3.63) is 29.2 Å². The molecule has 0 aliphatic carbocycles. The first-order chi connectivity index (χ1) is 8.86. The predicted octanol–water partition coefficient (Wildman–Crippen LogP) is 2.92. The summed E-state index contributed by atoms with van der Waals surface area (Å²) >= 11 is 1.87. The van der Waals surface area contributed by atoms with Gasteiger partial charge in [0.1, 0.15) is 5.82 Å². The first-order valence-corrected chi connectivity index (χ1v) is 7.51. The van der Waals surface area contributed by atoms with E-state index in [0.717, 1.165) is 42.7 Å². The molecular weight excluding hydrogens is 247 g/mol. The molecule has 2 aliphatic heterocycles. The average molecular weight is 262 g/mol. The Morgan fingerprint density at radius 3 is 3.22 bits per heavy atom. The van der Waals surface area contributed by atoms with E-state index in [1.54, 1.807) is 6.07 Å². The molecule has 0 amide bonds. The Kier molecular flexibility index (Phi) is 2.42. The smallest absolute Gasteiger partial charge is 0.132 e. The molecule has 0 saturated carbocycles. The van der Waals surface area contributed by atoms with Crippen LogP contribution in [0.25, 0.3) is 10.9 Å². The zero-order chi connectivity index (χ0) is 12.1. The molecule has 0 bridgehead atoms. The number of hydrogen-bond donors (Lipinski definition) is 1. The van der Waals surface area contributed by atoms with Crippen molar-refractivity contribution >= 4 is 22.7 Å². The fourth-order valence-electron chi connectivity index (χ4n) is 3.21. The molecule has 0 unspecified atom stereocenters. The number of benzene rings is 1. The van der Waals surface area contributed by atoms with Crippen LogP contribution >= 0.6 is 11.8 Å². The topological polar surface area (TPSA) is 17.0 Å². The fourth-order valence-corrected chi connectivity index (χ4v) is 4.22. The number of aryl methyl sites for hydroxylation is 1. The monoisotopic (exact) mass is 262 g/mol. The summed E-state index contributed by atoms with van der Waals surface area (Å²) in [7, 11) is 0. The Hall–Kier alpha value is -1.00. The van der Waals surface area contributed by atoms with Crippen molar-refractivity contribution in [1.82, 2.24) is 9.88 Å². The van der Waals surface area contributed by atoms with Crippen LogP contribution in [0.5, 0.6) is 0 Å². The second-order valence-corrected chi connectivity index (χ2v) is 6.11. The summed E-state index contributed by atoms with van der Waals surface area (Å²) in [6, 6.07) is 3.58. The van der Waals surface area contributed by atoms with E-state index < -0.39 is 0 Å². The quantitative estimate of drug-likeness (QED) is 0.786. The second kappa shape index (κ2) is 4.00. The third kappa shape index (κ3) is 1.39. The lowest BCUT2D eigenvalue weighted by atomic mass is 10.1. The molecule has 2 aromatic rings. The first-order valence-electron chi connectivity index (χ1n) is 6.52. The van der Waals surface area contributed by atoms with Gasteiger partial charge in [0.05, 0.1) is 5.52 Å². The molecule has 3 heterocycles. The molecule has 1 aromatic carbocycles. The normalized spacial score (nSPS) is 18.7. The van der Waals surface area contributed by atoms with Crippen LogP contribution < -0.4 is 5.32 Å². The van der Waals surface area contributed by atoms with Crippen LogP contribution in [0.3, 0.4) is 0 Å². The minimum Gasteiger partial charge on any atom is -0.343 e. The van der Waals surface area contributed by atoms with E-state index in [9.17, 15) is 4.39 Å². The van der Waals surface area contributed by atoms with Crippen LogP contribution in [-0.4, -0.2) is 16.9 Å². The number of hydrogen-bond acceptors (Lipinski definition) is 2. The van der Waals surface area contributed by atoms with Crippen LogP contribution in [0.1, 0.15) is 17.7 Å².